The van der Waals surface area contributed by atoms with Crippen LogP contribution < -0.4 is 19.5 Å². The molecule has 0 spiro atoms. The van der Waals surface area contributed by atoms with Crippen molar-refractivity contribution in [1.29, 1.82) is 0 Å². The zero-order chi connectivity index (χ0) is 31.8. The first kappa shape index (κ1) is 30.8. The minimum absolute atomic E-state index is 0.104. The quantitative estimate of drug-likeness (QED) is 0.434. The molecule has 1 aromatic carbocycles. The van der Waals surface area contributed by atoms with Crippen molar-refractivity contribution in [3.8, 4) is 23.1 Å². The zero-order valence-corrected chi connectivity index (χ0v) is 26.2. The predicted molar refractivity (Wildman–Crippen MR) is 164 cm³/mol. The molecule has 3 heterocycles. The Hall–Kier alpha value is -4.20. The third-order valence-electron chi connectivity index (χ3n) is 8.81. The Morgan fingerprint density at radius 1 is 1.13 bits per heavy atom. The maximum atomic E-state index is 13.9. The molecule has 14 heteroatoms. The smallest absolute Gasteiger partial charge is 0.320 e. The highest BCUT2D eigenvalue weighted by atomic mass is 32.2. The van der Waals surface area contributed by atoms with Gasteiger partial charge in [-0.15, -0.1) is 0 Å². The number of urea groups is 1. The summed E-state index contributed by atoms with van der Waals surface area (Å²) >= 11 is 0. The van der Waals surface area contributed by atoms with E-state index >= 15 is 0 Å². The maximum Gasteiger partial charge on any atom is 0.320 e. The molecule has 240 valence electrons. The number of fused-ring (bicyclic) bond motifs is 2. The summed E-state index contributed by atoms with van der Waals surface area (Å²) in [5, 5.41) is 2.28. The monoisotopic (exact) mass is 638 g/mol. The van der Waals surface area contributed by atoms with E-state index in [9.17, 15) is 22.8 Å². The van der Waals surface area contributed by atoms with Gasteiger partial charge in [-0.25, -0.2) is 13.2 Å². The molecule has 0 unspecified atom stereocenters. The molecular formula is C31H38N6O7S. The Morgan fingerprint density at radius 2 is 1.91 bits per heavy atom. The lowest BCUT2D eigenvalue weighted by Gasteiger charge is -2.30. The van der Waals surface area contributed by atoms with E-state index < -0.39 is 44.8 Å². The molecule has 3 fully saturated rings. The number of nitrogens with one attached hydrogen (secondary N) is 2. The largest absolute Gasteiger partial charge is 0.472 e. The Labute approximate surface area is 262 Å². The number of sulfonamides is 1. The van der Waals surface area contributed by atoms with Gasteiger partial charge in [0.2, 0.25) is 21.8 Å². The molecule has 2 aromatic rings. The first-order valence-electron chi connectivity index (χ1n) is 15.3. The molecule has 0 radical (unpaired) electrons. The molecule has 0 bridgehead atoms. The van der Waals surface area contributed by atoms with Gasteiger partial charge in [-0.3, -0.25) is 14.3 Å². The Morgan fingerprint density at radius 3 is 2.64 bits per heavy atom. The van der Waals surface area contributed by atoms with E-state index in [4.69, 9.17) is 9.47 Å². The number of nitrogens with zero attached hydrogens (tertiary/aromatic N) is 4. The van der Waals surface area contributed by atoms with Gasteiger partial charge >= 0.3 is 12.0 Å². The summed E-state index contributed by atoms with van der Waals surface area (Å²) < 4.78 is 39.0. The molecular weight excluding hydrogens is 600 g/mol. The normalized spacial score (nSPS) is 27.8. The number of amides is 4. The number of carbonyl (C=O) groups excluding carboxylic acids is 3. The van der Waals surface area contributed by atoms with Crippen LogP contribution in [0.4, 0.5) is 4.79 Å². The Bertz CT molecular complexity index is 1600. The Kier molecular flexibility index (Phi) is 8.42. The third-order valence-corrected chi connectivity index (χ3v) is 10.6. The van der Waals surface area contributed by atoms with Gasteiger partial charge in [0, 0.05) is 37.6 Å². The fraction of sp³-hybridized carbons (Fsp3) is 0.516. The van der Waals surface area contributed by atoms with E-state index in [0.717, 1.165) is 24.8 Å². The van der Waals surface area contributed by atoms with Gasteiger partial charge in [0.25, 0.3) is 5.91 Å². The highest BCUT2D eigenvalue weighted by Gasteiger charge is 2.62. The molecule has 1 saturated heterocycles. The van der Waals surface area contributed by atoms with Gasteiger partial charge in [-0.2, -0.15) is 9.97 Å². The van der Waals surface area contributed by atoms with Crippen LogP contribution in [-0.4, -0.2) is 96.2 Å². The molecule has 2 saturated carbocycles. The molecule has 6 rings (SSSR count). The summed E-state index contributed by atoms with van der Waals surface area (Å²) in [6.45, 7) is 0.619. The van der Waals surface area contributed by atoms with Crippen molar-refractivity contribution in [2.45, 2.75) is 67.9 Å². The van der Waals surface area contributed by atoms with E-state index in [0.29, 0.717) is 25.1 Å². The number of carbonyl (C=O) groups is 3. The van der Waals surface area contributed by atoms with Crippen LogP contribution in [0.25, 0.3) is 11.3 Å². The Balaban J connectivity index is 1.26. The molecule has 4 atom stereocenters. The number of benzene rings is 1. The van der Waals surface area contributed by atoms with Gasteiger partial charge in [0.1, 0.15) is 17.7 Å². The van der Waals surface area contributed by atoms with E-state index in [1.807, 2.05) is 42.5 Å². The van der Waals surface area contributed by atoms with Gasteiger partial charge in [0.05, 0.1) is 24.6 Å². The fourth-order valence-electron chi connectivity index (χ4n) is 5.98. The second-order valence-electron chi connectivity index (χ2n) is 12.2. The van der Waals surface area contributed by atoms with Crippen molar-refractivity contribution in [2.24, 2.45) is 5.92 Å². The van der Waals surface area contributed by atoms with Crippen LogP contribution in [0.2, 0.25) is 0 Å². The van der Waals surface area contributed by atoms with E-state index in [1.54, 1.807) is 18.0 Å². The first-order chi connectivity index (χ1) is 21.6. The van der Waals surface area contributed by atoms with Crippen LogP contribution in [-0.2, 0) is 19.6 Å². The molecule has 13 nitrogen and oxygen atoms in total. The molecule has 4 amide bonds. The van der Waals surface area contributed by atoms with Crippen molar-refractivity contribution >= 4 is 27.9 Å². The molecule has 2 aliphatic heterocycles. The van der Waals surface area contributed by atoms with Crippen LogP contribution in [0.5, 0.6) is 11.9 Å². The van der Waals surface area contributed by atoms with Crippen LogP contribution in [0, 0.1) is 5.92 Å². The summed E-state index contributed by atoms with van der Waals surface area (Å²) in [5.41, 5.74) is 0.0109. The van der Waals surface area contributed by atoms with Gasteiger partial charge in [0.15, 0.2) is 0 Å². The molecule has 2 aliphatic carbocycles. The number of allylic oxidation sites excluding steroid dienone is 1. The minimum Gasteiger partial charge on any atom is -0.472 e. The second-order valence-corrected chi connectivity index (χ2v) is 14.1. The predicted octanol–water partition coefficient (Wildman–Crippen LogP) is 2.25. The highest BCUT2D eigenvalue weighted by molar-refractivity contribution is 7.91. The maximum absolute atomic E-state index is 13.9. The summed E-state index contributed by atoms with van der Waals surface area (Å²) in [6.07, 6.45) is 6.98. The van der Waals surface area contributed by atoms with Crippen LogP contribution in [0.1, 0.15) is 44.9 Å². The average Bonchev–Trinajstić information content (AvgIpc) is 3.95. The summed E-state index contributed by atoms with van der Waals surface area (Å²) in [5.74, 6) is -1.41. The number of ether oxygens (including phenoxy) is 2. The fourth-order valence-corrected chi connectivity index (χ4v) is 7.34. The van der Waals surface area contributed by atoms with Crippen LogP contribution >= 0.6 is 0 Å². The molecule has 4 aliphatic rings. The topological polar surface area (TPSA) is 160 Å². The lowest BCUT2D eigenvalue weighted by Crippen LogP contribution is -2.57. The van der Waals surface area contributed by atoms with Crippen molar-refractivity contribution in [3.05, 3.63) is 48.6 Å². The SMILES string of the molecule is COc1nc(O[C@@H]2C[C@H]3C(=O)N[C@]4(C(=O)NS(=O)(=O)C5CC5)C[C@H]4/C=C\CCCCN(C)C(=O)N3C2)cc(-c2ccccc2)n1. The number of hydrogen-bond donors (Lipinski definition) is 2. The first-order valence-corrected chi connectivity index (χ1v) is 16.9. The number of aromatic nitrogens is 2. The number of rotatable bonds is 7. The molecule has 1 aromatic heterocycles. The lowest BCUT2D eigenvalue weighted by atomic mass is 10.1. The standard InChI is InChI=1S/C31H38N6O7S/c1-36-15-9-4-3-8-12-21-18-31(21,28(39)35-45(41,42)23-13-14-23)34-27(38)25-16-22(19-37(25)30(36)40)44-26-17-24(32-29(33-26)43-2)20-10-6-5-7-11-20/h5-8,10-12,17,21-23,25H,3-4,9,13-16,18-19H2,1-2H3,(H,34,38)(H,35,39)/b12-8-/t21-,22-,25+,31-/m1/s1. The third kappa shape index (κ3) is 6.60. The van der Waals surface area contributed by atoms with Gasteiger partial charge < -0.3 is 24.6 Å². The van der Waals surface area contributed by atoms with Gasteiger partial charge in [-0.1, -0.05) is 42.5 Å². The van der Waals surface area contributed by atoms with Crippen molar-refractivity contribution in [1.82, 2.24) is 29.8 Å². The van der Waals surface area contributed by atoms with E-state index in [1.165, 1.54) is 12.0 Å². The van der Waals surface area contributed by atoms with Crippen LogP contribution in [0.15, 0.2) is 48.6 Å². The summed E-state index contributed by atoms with van der Waals surface area (Å²) in [6, 6.07) is 9.98. The van der Waals surface area contributed by atoms with E-state index in [-0.39, 0.29) is 43.2 Å². The van der Waals surface area contributed by atoms with Crippen LogP contribution in [0.3, 0.4) is 0 Å². The van der Waals surface area contributed by atoms with Crippen molar-refractivity contribution in [3.63, 3.8) is 0 Å². The lowest BCUT2D eigenvalue weighted by molar-refractivity contribution is -0.131. The summed E-state index contributed by atoms with van der Waals surface area (Å²) in [7, 11) is -0.665. The zero-order valence-electron chi connectivity index (χ0n) is 25.3. The number of methoxy groups -OCH3 is 1. The van der Waals surface area contributed by atoms with Crippen molar-refractivity contribution in [2.75, 3.05) is 27.2 Å². The van der Waals surface area contributed by atoms with E-state index in [2.05, 4.69) is 20.0 Å². The summed E-state index contributed by atoms with van der Waals surface area (Å²) in [4.78, 5) is 52.8. The molecule has 2 N–H and O–H groups in total. The van der Waals surface area contributed by atoms with Gasteiger partial charge in [-0.05, 0) is 38.5 Å². The average molecular weight is 639 g/mol. The number of hydrogen-bond acceptors (Lipinski definition) is 9. The minimum atomic E-state index is -3.82. The molecule has 45 heavy (non-hydrogen) atoms. The highest BCUT2D eigenvalue weighted by Crippen LogP contribution is 2.46. The van der Waals surface area contributed by atoms with Crippen molar-refractivity contribution < 1.29 is 32.3 Å². The second kappa shape index (κ2) is 12.3.